The van der Waals surface area contributed by atoms with Gasteiger partial charge in [0.25, 0.3) is 0 Å². The molecule has 0 N–H and O–H groups in total. The first-order chi connectivity index (χ1) is 7.43. The van der Waals surface area contributed by atoms with E-state index < -0.39 is 0 Å². The molecule has 0 atom stereocenters. The second kappa shape index (κ2) is 9.98. The summed E-state index contributed by atoms with van der Waals surface area (Å²) in [5, 5.41) is 2.32. The number of hydrogen-bond donors (Lipinski definition) is 0. The van der Waals surface area contributed by atoms with E-state index in [2.05, 4.69) is 12.3 Å². The van der Waals surface area contributed by atoms with Gasteiger partial charge in [-0.3, -0.25) is 0 Å². The lowest BCUT2D eigenvalue weighted by molar-refractivity contribution is 0.577. The standard InChI is InChI=1S/C12H22S3/c1-2-3-4-5-6-7-8-9-10-12-11-13-15-14-12/h11H,2-10H2,1H3. The van der Waals surface area contributed by atoms with Crippen LogP contribution in [0, 0.1) is 0 Å². The monoisotopic (exact) mass is 262 g/mol. The van der Waals surface area contributed by atoms with Crippen molar-refractivity contribution < 1.29 is 0 Å². The highest BCUT2D eigenvalue weighted by Gasteiger charge is 2.05. The van der Waals surface area contributed by atoms with Crippen LogP contribution in [0.2, 0.25) is 0 Å². The molecule has 0 aromatic heterocycles. The largest absolute Gasteiger partial charge is 0.0654 e. The quantitative estimate of drug-likeness (QED) is 0.348. The van der Waals surface area contributed by atoms with E-state index in [1.165, 1.54) is 57.8 Å². The van der Waals surface area contributed by atoms with Gasteiger partial charge in [0, 0.05) is 4.91 Å². The second-order valence-electron chi connectivity index (χ2n) is 4.06. The molecule has 0 spiro atoms. The minimum absolute atomic E-state index is 1.32. The van der Waals surface area contributed by atoms with E-state index in [1.54, 1.807) is 4.91 Å². The molecular formula is C12H22S3. The van der Waals surface area contributed by atoms with Crippen molar-refractivity contribution in [3.63, 3.8) is 0 Å². The Kier molecular flexibility index (Phi) is 9.21. The Morgan fingerprint density at radius 2 is 1.60 bits per heavy atom. The fourth-order valence-corrected chi connectivity index (χ4v) is 5.74. The lowest BCUT2D eigenvalue weighted by Crippen LogP contribution is -1.81. The van der Waals surface area contributed by atoms with Crippen molar-refractivity contribution in [3.05, 3.63) is 10.3 Å². The summed E-state index contributed by atoms with van der Waals surface area (Å²) in [5.41, 5.74) is 0. The highest BCUT2D eigenvalue weighted by atomic mass is 33.5. The fourth-order valence-electron chi connectivity index (χ4n) is 1.69. The van der Waals surface area contributed by atoms with Gasteiger partial charge in [0.05, 0.1) is 0 Å². The first-order valence-electron chi connectivity index (χ1n) is 6.12. The van der Waals surface area contributed by atoms with E-state index in [1.807, 2.05) is 31.4 Å². The van der Waals surface area contributed by atoms with E-state index in [4.69, 9.17) is 0 Å². The van der Waals surface area contributed by atoms with Crippen molar-refractivity contribution in [2.24, 2.45) is 0 Å². The van der Waals surface area contributed by atoms with Crippen molar-refractivity contribution in [1.82, 2.24) is 0 Å². The Bertz CT molecular complexity index is 178. The van der Waals surface area contributed by atoms with Gasteiger partial charge >= 0.3 is 0 Å². The van der Waals surface area contributed by atoms with Crippen molar-refractivity contribution in [2.45, 2.75) is 64.7 Å². The topological polar surface area (TPSA) is 0 Å². The van der Waals surface area contributed by atoms with Crippen molar-refractivity contribution in [3.8, 4) is 0 Å². The molecule has 0 unspecified atom stereocenters. The molecule has 0 aromatic carbocycles. The molecule has 0 nitrogen and oxygen atoms in total. The third-order valence-electron chi connectivity index (χ3n) is 2.64. The summed E-state index contributed by atoms with van der Waals surface area (Å²) in [6, 6.07) is 0. The third kappa shape index (κ3) is 7.64. The summed E-state index contributed by atoms with van der Waals surface area (Å²) in [7, 11) is 5.74. The Balaban J connectivity index is 1.77. The summed E-state index contributed by atoms with van der Waals surface area (Å²) >= 11 is 0. The molecule has 0 aromatic rings. The molecule has 0 aliphatic carbocycles. The smallest absolute Gasteiger partial charge is 0.00382 e. The zero-order valence-electron chi connectivity index (χ0n) is 9.67. The third-order valence-corrected chi connectivity index (χ3v) is 6.54. The van der Waals surface area contributed by atoms with Gasteiger partial charge in [-0.2, -0.15) is 0 Å². The van der Waals surface area contributed by atoms with E-state index in [9.17, 15) is 0 Å². The predicted octanol–water partition coefficient (Wildman–Crippen LogP) is 6.40. The molecule has 1 rings (SSSR count). The van der Waals surface area contributed by atoms with Gasteiger partial charge in [-0.1, -0.05) is 62.7 Å². The molecule has 1 heterocycles. The summed E-state index contributed by atoms with van der Waals surface area (Å²) in [6.07, 6.45) is 12.7. The summed E-state index contributed by atoms with van der Waals surface area (Å²) in [6.45, 7) is 2.28. The Labute approximate surface area is 106 Å². The zero-order valence-corrected chi connectivity index (χ0v) is 12.1. The molecule has 0 bridgehead atoms. The number of unbranched alkanes of at least 4 members (excludes halogenated alkanes) is 7. The minimum atomic E-state index is 1.32. The summed E-state index contributed by atoms with van der Waals surface area (Å²) in [4.78, 5) is 1.59. The molecule has 0 saturated heterocycles. The SMILES string of the molecule is CCCCCCCCCCC1=CSSS1. The van der Waals surface area contributed by atoms with Crippen LogP contribution in [0.3, 0.4) is 0 Å². The van der Waals surface area contributed by atoms with Gasteiger partial charge in [-0.15, -0.1) is 0 Å². The van der Waals surface area contributed by atoms with Crippen molar-refractivity contribution in [1.29, 1.82) is 0 Å². The molecule has 15 heavy (non-hydrogen) atoms. The first kappa shape index (κ1) is 13.9. The van der Waals surface area contributed by atoms with E-state index in [0.29, 0.717) is 0 Å². The Morgan fingerprint density at radius 3 is 2.20 bits per heavy atom. The second-order valence-corrected chi connectivity index (χ2v) is 8.02. The van der Waals surface area contributed by atoms with E-state index >= 15 is 0 Å². The molecule has 1 aliphatic rings. The van der Waals surface area contributed by atoms with Crippen LogP contribution in [0.5, 0.6) is 0 Å². The molecule has 1 aliphatic heterocycles. The summed E-state index contributed by atoms with van der Waals surface area (Å²) in [5.74, 6) is 0. The average molecular weight is 263 g/mol. The van der Waals surface area contributed by atoms with Gasteiger partial charge in [0.2, 0.25) is 0 Å². The molecule has 0 saturated carbocycles. The molecule has 3 heteroatoms. The van der Waals surface area contributed by atoms with Crippen LogP contribution in [-0.4, -0.2) is 0 Å². The maximum atomic E-state index is 2.32. The van der Waals surface area contributed by atoms with Gasteiger partial charge in [-0.05, 0) is 38.9 Å². The van der Waals surface area contributed by atoms with Crippen molar-refractivity contribution >= 4 is 31.4 Å². The van der Waals surface area contributed by atoms with Crippen LogP contribution < -0.4 is 0 Å². The summed E-state index contributed by atoms with van der Waals surface area (Å²) < 4.78 is 0. The average Bonchev–Trinajstić information content (AvgIpc) is 2.75. The van der Waals surface area contributed by atoms with Gasteiger partial charge in [0.15, 0.2) is 0 Å². The van der Waals surface area contributed by atoms with Crippen LogP contribution in [0.4, 0.5) is 0 Å². The maximum Gasteiger partial charge on any atom is 0.00382 e. The van der Waals surface area contributed by atoms with Gasteiger partial charge in [0.1, 0.15) is 0 Å². The molecular weight excluding hydrogens is 240 g/mol. The normalized spacial score (nSPS) is 15.7. The lowest BCUT2D eigenvalue weighted by atomic mass is 10.1. The zero-order chi connectivity index (χ0) is 10.8. The van der Waals surface area contributed by atoms with Crippen LogP contribution in [0.15, 0.2) is 10.3 Å². The number of hydrogen-bond acceptors (Lipinski definition) is 3. The Morgan fingerprint density at radius 1 is 0.933 bits per heavy atom. The molecule has 0 radical (unpaired) electrons. The first-order valence-corrected chi connectivity index (χ1v) is 9.67. The molecule has 88 valence electrons. The lowest BCUT2D eigenvalue weighted by Gasteiger charge is -2.01. The number of rotatable bonds is 9. The minimum Gasteiger partial charge on any atom is -0.0654 e. The highest BCUT2D eigenvalue weighted by molar-refractivity contribution is 9.11. The maximum absolute atomic E-state index is 2.32. The van der Waals surface area contributed by atoms with Crippen molar-refractivity contribution in [2.75, 3.05) is 0 Å². The molecule has 0 fully saturated rings. The van der Waals surface area contributed by atoms with Crippen LogP contribution in [0.25, 0.3) is 0 Å². The number of allylic oxidation sites excluding steroid dienone is 1. The van der Waals surface area contributed by atoms with Gasteiger partial charge in [-0.25, -0.2) is 0 Å². The van der Waals surface area contributed by atoms with Crippen LogP contribution in [-0.2, 0) is 0 Å². The van der Waals surface area contributed by atoms with E-state index in [-0.39, 0.29) is 0 Å². The molecule has 0 amide bonds. The van der Waals surface area contributed by atoms with E-state index in [0.717, 1.165) is 0 Å². The highest BCUT2D eigenvalue weighted by Crippen LogP contribution is 2.50. The van der Waals surface area contributed by atoms with Gasteiger partial charge < -0.3 is 0 Å². The Hall–Kier alpha value is 0.790. The van der Waals surface area contributed by atoms with Crippen LogP contribution in [0.1, 0.15) is 64.7 Å². The fraction of sp³-hybridized carbons (Fsp3) is 0.833. The van der Waals surface area contributed by atoms with Crippen LogP contribution >= 0.6 is 31.4 Å². The predicted molar refractivity (Wildman–Crippen MR) is 78.1 cm³/mol.